The predicted octanol–water partition coefficient (Wildman–Crippen LogP) is 3.84. The predicted molar refractivity (Wildman–Crippen MR) is 82.8 cm³/mol. The van der Waals surface area contributed by atoms with E-state index in [1.54, 1.807) is 0 Å². The van der Waals surface area contributed by atoms with Gasteiger partial charge < -0.3 is 10.1 Å². The number of fused-ring (bicyclic) bond motifs is 1. The molecular formula is C17H21NO2. The van der Waals surface area contributed by atoms with Crippen LogP contribution in [0.3, 0.4) is 0 Å². The lowest BCUT2D eigenvalue weighted by atomic mass is 9.98. The molecule has 0 radical (unpaired) electrons. The monoisotopic (exact) mass is 271 g/mol. The molecule has 0 saturated heterocycles. The van der Waals surface area contributed by atoms with Crippen LogP contribution >= 0.6 is 0 Å². The maximum absolute atomic E-state index is 11.9. The molecule has 0 aromatic heterocycles. The van der Waals surface area contributed by atoms with Crippen molar-refractivity contribution >= 4 is 22.4 Å². The third-order valence-electron chi connectivity index (χ3n) is 3.74. The van der Waals surface area contributed by atoms with Gasteiger partial charge in [0.15, 0.2) is 0 Å². The molecule has 2 rings (SSSR count). The number of nitrogens with one attached hydrogen (secondary N) is 1. The maximum Gasteiger partial charge on any atom is 0.328 e. The van der Waals surface area contributed by atoms with Crippen molar-refractivity contribution in [1.29, 1.82) is 0 Å². The van der Waals surface area contributed by atoms with Gasteiger partial charge in [-0.15, -0.1) is 0 Å². The molecule has 0 aliphatic carbocycles. The van der Waals surface area contributed by atoms with Crippen molar-refractivity contribution in [2.75, 3.05) is 12.4 Å². The molecule has 2 atom stereocenters. The Morgan fingerprint density at radius 2 is 1.90 bits per heavy atom. The average molecular weight is 271 g/mol. The van der Waals surface area contributed by atoms with Crippen molar-refractivity contribution in [2.45, 2.75) is 26.3 Å². The van der Waals surface area contributed by atoms with Crippen molar-refractivity contribution in [3.8, 4) is 0 Å². The molecule has 0 saturated carbocycles. The molecule has 0 fully saturated rings. The molecule has 0 aliphatic heterocycles. The second-order valence-electron chi connectivity index (χ2n) is 5.09. The zero-order valence-electron chi connectivity index (χ0n) is 12.2. The van der Waals surface area contributed by atoms with Crippen molar-refractivity contribution in [3.05, 3.63) is 42.5 Å². The molecule has 2 aromatic rings. The number of carbonyl (C=O) groups excluding carboxylic acids is 1. The van der Waals surface area contributed by atoms with Crippen LogP contribution in [0.4, 0.5) is 5.69 Å². The summed E-state index contributed by atoms with van der Waals surface area (Å²) < 4.78 is 4.89. The summed E-state index contributed by atoms with van der Waals surface area (Å²) in [6.45, 7) is 4.12. The number of rotatable bonds is 5. The zero-order chi connectivity index (χ0) is 14.5. The standard InChI is InChI=1S/C17H21NO2/c1-4-12(2)16(17(19)20-3)18-15-10-9-13-7-5-6-8-14(13)11-15/h5-12,16,18H,4H2,1-3H3/t12-,16-/m0/s1. The maximum atomic E-state index is 11.9. The van der Waals surface area contributed by atoms with Crippen LogP contribution in [0.25, 0.3) is 10.8 Å². The first kappa shape index (κ1) is 14.4. The number of benzene rings is 2. The highest BCUT2D eigenvalue weighted by atomic mass is 16.5. The second kappa shape index (κ2) is 6.42. The molecule has 0 heterocycles. The van der Waals surface area contributed by atoms with Gasteiger partial charge in [-0.05, 0) is 28.8 Å². The van der Waals surface area contributed by atoms with Gasteiger partial charge in [0, 0.05) is 5.69 Å². The lowest BCUT2D eigenvalue weighted by Gasteiger charge is -2.23. The Morgan fingerprint density at radius 3 is 2.55 bits per heavy atom. The number of hydrogen-bond acceptors (Lipinski definition) is 3. The Hall–Kier alpha value is -2.03. The molecule has 0 spiro atoms. The minimum absolute atomic E-state index is 0.215. The summed E-state index contributed by atoms with van der Waals surface area (Å²) in [6, 6.07) is 14.0. The van der Waals surface area contributed by atoms with Crippen LogP contribution in [-0.4, -0.2) is 19.1 Å². The number of hydrogen-bond donors (Lipinski definition) is 1. The van der Waals surface area contributed by atoms with Crippen LogP contribution in [0.15, 0.2) is 42.5 Å². The highest BCUT2D eigenvalue weighted by Crippen LogP contribution is 2.21. The summed E-state index contributed by atoms with van der Waals surface area (Å²) in [4.78, 5) is 11.9. The third-order valence-corrected chi connectivity index (χ3v) is 3.74. The van der Waals surface area contributed by atoms with E-state index in [4.69, 9.17) is 4.74 Å². The largest absolute Gasteiger partial charge is 0.467 e. The Bertz CT molecular complexity index is 594. The van der Waals surface area contributed by atoms with Gasteiger partial charge in [0.1, 0.15) is 6.04 Å². The zero-order valence-corrected chi connectivity index (χ0v) is 12.2. The van der Waals surface area contributed by atoms with E-state index in [0.717, 1.165) is 17.5 Å². The Morgan fingerprint density at radius 1 is 1.20 bits per heavy atom. The van der Waals surface area contributed by atoms with E-state index < -0.39 is 0 Å². The fourth-order valence-electron chi connectivity index (χ4n) is 2.25. The summed E-state index contributed by atoms with van der Waals surface area (Å²) >= 11 is 0. The van der Waals surface area contributed by atoms with E-state index in [2.05, 4.69) is 43.4 Å². The lowest BCUT2D eigenvalue weighted by Crippen LogP contribution is -2.36. The number of anilines is 1. The van der Waals surface area contributed by atoms with Crippen LogP contribution in [0.5, 0.6) is 0 Å². The molecule has 3 nitrogen and oxygen atoms in total. The van der Waals surface area contributed by atoms with Gasteiger partial charge in [0.05, 0.1) is 7.11 Å². The fourth-order valence-corrected chi connectivity index (χ4v) is 2.25. The first-order chi connectivity index (χ1) is 9.65. The van der Waals surface area contributed by atoms with Crippen LogP contribution in [0, 0.1) is 5.92 Å². The van der Waals surface area contributed by atoms with E-state index in [1.807, 2.05) is 18.2 Å². The van der Waals surface area contributed by atoms with Crippen LogP contribution in [0.2, 0.25) is 0 Å². The van der Waals surface area contributed by atoms with E-state index in [9.17, 15) is 4.79 Å². The molecule has 0 unspecified atom stereocenters. The number of ether oxygens (including phenoxy) is 1. The van der Waals surface area contributed by atoms with Gasteiger partial charge >= 0.3 is 5.97 Å². The van der Waals surface area contributed by atoms with Gasteiger partial charge in [-0.1, -0.05) is 50.6 Å². The average Bonchev–Trinajstić information content (AvgIpc) is 2.51. The molecule has 3 heteroatoms. The van der Waals surface area contributed by atoms with E-state index >= 15 is 0 Å². The summed E-state index contributed by atoms with van der Waals surface area (Å²) in [5.41, 5.74) is 0.944. The normalized spacial score (nSPS) is 13.8. The summed E-state index contributed by atoms with van der Waals surface area (Å²) in [5, 5.41) is 5.65. The Labute approximate surface area is 119 Å². The van der Waals surface area contributed by atoms with Gasteiger partial charge in [0.2, 0.25) is 0 Å². The molecule has 106 valence electrons. The molecule has 20 heavy (non-hydrogen) atoms. The molecular weight excluding hydrogens is 250 g/mol. The van der Waals surface area contributed by atoms with Crippen molar-refractivity contribution in [3.63, 3.8) is 0 Å². The van der Waals surface area contributed by atoms with E-state index in [1.165, 1.54) is 12.5 Å². The minimum atomic E-state index is -0.314. The molecule has 0 amide bonds. The third kappa shape index (κ3) is 3.10. The SMILES string of the molecule is CC[C@H](C)[C@H](Nc1ccc2ccccc2c1)C(=O)OC. The lowest BCUT2D eigenvalue weighted by molar-refractivity contribution is -0.142. The number of carbonyl (C=O) groups is 1. The van der Waals surface area contributed by atoms with Gasteiger partial charge in [-0.2, -0.15) is 0 Å². The van der Waals surface area contributed by atoms with Crippen molar-refractivity contribution in [2.24, 2.45) is 5.92 Å². The summed E-state index contributed by atoms with van der Waals surface area (Å²) in [6.07, 6.45) is 0.917. The summed E-state index contributed by atoms with van der Waals surface area (Å²) in [5.74, 6) is 0.00132. The van der Waals surface area contributed by atoms with E-state index in [-0.39, 0.29) is 17.9 Å². The quantitative estimate of drug-likeness (QED) is 0.840. The van der Waals surface area contributed by atoms with Crippen molar-refractivity contribution < 1.29 is 9.53 Å². The van der Waals surface area contributed by atoms with Crippen molar-refractivity contribution in [1.82, 2.24) is 0 Å². The van der Waals surface area contributed by atoms with Crippen LogP contribution in [0.1, 0.15) is 20.3 Å². The highest BCUT2D eigenvalue weighted by Gasteiger charge is 2.24. The minimum Gasteiger partial charge on any atom is -0.467 e. The topological polar surface area (TPSA) is 38.3 Å². The molecule has 1 N–H and O–H groups in total. The smallest absolute Gasteiger partial charge is 0.328 e. The first-order valence-corrected chi connectivity index (χ1v) is 6.99. The van der Waals surface area contributed by atoms with Crippen LogP contribution in [-0.2, 0) is 9.53 Å². The van der Waals surface area contributed by atoms with Gasteiger partial charge in [-0.25, -0.2) is 4.79 Å². The molecule has 0 aliphatic rings. The number of esters is 1. The Balaban J connectivity index is 2.25. The van der Waals surface area contributed by atoms with Crippen LogP contribution < -0.4 is 5.32 Å². The van der Waals surface area contributed by atoms with E-state index in [0.29, 0.717) is 0 Å². The first-order valence-electron chi connectivity index (χ1n) is 6.99. The highest BCUT2D eigenvalue weighted by molar-refractivity contribution is 5.87. The fraction of sp³-hybridized carbons (Fsp3) is 0.353. The summed E-state index contributed by atoms with van der Waals surface area (Å²) in [7, 11) is 1.43. The molecule has 0 bridgehead atoms. The van der Waals surface area contributed by atoms with Gasteiger partial charge in [0.25, 0.3) is 0 Å². The Kier molecular flexibility index (Phi) is 4.61. The molecule has 2 aromatic carbocycles. The second-order valence-corrected chi connectivity index (χ2v) is 5.09. The number of methoxy groups -OCH3 is 1. The van der Waals surface area contributed by atoms with Gasteiger partial charge in [-0.3, -0.25) is 0 Å².